The molecule has 0 aromatic carbocycles. The molecule has 82 heavy (non-hydrogen) atoms. The molecule has 37 heteroatoms. The summed E-state index contributed by atoms with van der Waals surface area (Å²) >= 11 is 22.8. The molecule has 0 aliphatic heterocycles. The van der Waals surface area contributed by atoms with Crippen LogP contribution < -0.4 is 55.9 Å². The fraction of sp³-hybridized carbons (Fsp3) is 0.311. The summed E-state index contributed by atoms with van der Waals surface area (Å²) in [4.78, 5) is 56.9. The normalized spacial score (nSPS) is 11.2. The summed E-state index contributed by atoms with van der Waals surface area (Å²) in [6.45, 7) is 11.0. The summed E-state index contributed by atoms with van der Waals surface area (Å²) in [7, 11) is 0. The average Bonchev–Trinajstić information content (AvgIpc) is 4.46. The quantitative estimate of drug-likeness (QED) is 0.0381. The SMILES string of the molecule is CC(C)(C)OC(=O)NNc1nc(N)nc2c1cnn2CCCl.Cc1ccc(-c2nc3c4cnn(CCCl)c4nc(N)n3n2)o1.Cc1ccc(C(=O)NNc2nc(N)nc3c2cnn3CCCl)o1.NNc1nc(N)nc2c1cnn2CCCl. The van der Waals surface area contributed by atoms with Gasteiger partial charge in [0.15, 0.2) is 57.2 Å². The zero-order valence-electron chi connectivity index (χ0n) is 44.3. The van der Waals surface area contributed by atoms with Crippen molar-refractivity contribution >= 4 is 149 Å². The molecular weight excluding hydrogens is 1150 g/mol. The van der Waals surface area contributed by atoms with E-state index in [4.69, 9.17) is 88.8 Å². The maximum atomic E-state index is 12.0. The number of carbonyl (C=O) groups excluding carboxylic acids is 2. The molecule has 2 amide bonds. The first-order valence-corrected chi connectivity index (χ1v) is 26.5. The Labute approximate surface area is 482 Å². The van der Waals surface area contributed by atoms with Crippen molar-refractivity contribution in [1.82, 2.24) is 99.5 Å². The van der Waals surface area contributed by atoms with Crippen LogP contribution in [-0.4, -0.2) is 130 Å². The Morgan fingerprint density at radius 2 is 1.00 bits per heavy atom. The standard InChI is InChI=1S/C13H14ClN7O2.C13H12ClN7O.C12H18ClN7O2.C7H10ClN7/c1-7-2-3-9(23-7)12(22)20-19-10-8-6-16-21(5-4-14)11(8)18-13(15)17-10;1-7-2-3-9(22-7)10-17-12-8-6-16-20(5-4-14)11(8)18-13(15)21(12)19-10;1-12(2,3)22-11(21)19-18-8-7-6-15-20(5-4-13)9(7)17-10(14)16-8;8-1-2-15-6-4(3-11-15)5(14-10)12-7(9)13-6/h2-3,6H,4-5H2,1H3,(H,20,22)(H3,15,17,18,19);2-3,6H,4-5H2,1H3,(H2,15,18);6H,4-5H2,1-3H3,(H,19,21)(H3,14,16,17,18);3H,1-2,10H2,(H3,9,12,13,14). The number of nitrogens with zero attached hydrogens (tertiary/aromatic N) is 18. The molecule has 11 heterocycles. The molecule has 0 spiro atoms. The number of anilines is 7. The first kappa shape index (κ1) is 58.8. The van der Waals surface area contributed by atoms with Crippen LogP contribution in [0.4, 0.5) is 46.0 Å². The van der Waals surface area contributed by atoms with Crippen LogP contribution >= 0.6 is 46.4 Å². The van der Waals surface area contributed by atoms with Crippen LogP contribution in [0, 0.1) is 13.8 Å². The van der Waals surface area contributed by atoms with Crippen molar-refractivity contribution in [2.24, 2.45) is 5.84 Å². The number of ether oxygens (including phenoxy) is 1. The molecule has 0 bridgehead atoms. The molecule has 0 atom stereocenters. The van der Waals surface area contributed by atoms with Gasteiger partial charge in [-0.15, -0.1) is 51.5 Å². The number of aromatic nitrogens is 18. The summed E-state index contributed by atoms with van der Waals surface area (Å²) in [6, 6.07) is 6.96. The summed E-state index contributed by atoms with van der Waals surface area (Å²) < 4.78 is 24.0. The molecule has 33 nitrogen and oxygen atoms in total. The van der Waals surface area contributed by atoms with E-state index in [1.165, 1.54) is 4.52 Å². The molecule has 0 radical (unpaired) electrons. The third kappa shape index (κ3) is 13.8. The topological polar surface area (TPSA) is 452 Å². The number of carbonyl (C=O) groups is 2. The van der Waals surface area contributed by atoms with Gasteiger partial charge in [-0.2, -0.15) is 59.8 Å². The second kappa shape index (κ2) is 25.9. The maximum Gasteiger partial charge on any atom is 0.426 e. The largest absolute Gasteiger partial charge is 0.458 e. The smallest absolute Gasteiger partial charge is 0.426 e. The van der Waals surface area contributed by atoms with Gasteiger partial charge in [0.25, 0.3) is 0 Å². The minimum absolute atomic E-state index is 0.0531. The van der Waals surface area contributed by atoms with Crippen LogP contribution in [0.5, 0.6) is 0 Å². The molecule has 15 N–H and O–H groups in total. The highest BCUT2D eigenvalue weighted by Crippen LogP contribution is 2.26. The number of hydrogen-bond acceptors (Lipinski definition) is 26. The lowest BCUT2D eigenvalue weighted by molar-refractivity contribution is 0.0540. The Morgan fingerprint density at radius 3 is 1.44 bits per heavy atom. The Balaban J connectivity index is 0.000000145. The lowest BCUT2D eigenvalue weighted by atomic mass is 10.2. The summed E-state index contributed by atoms with van der Waals surface area (Å²) in [5.74, 6) is 10.8. The van der Waals surface area contributed by atoms with Gasteiger partial charge in [-0.05, 0) is 58.9 Å². The Bertz CT molecular complexity index is 4010. The van der Waals surface area contributed by atoms with Crippen LogP contribution in [0.25, 0.3) is 61.4 Å². The van der Waals surface area contributed by atoms with E-state index in [1.807, 2.05) is 19.1 Å². The van der Waals surface area contributed by atoms with Crippen LogP contribution in [0.3, 0.4) is 0 Å². The van der Waals surface area contributed by atoms with Crippen molar-refractivity contribution in [1.29, 1.82) is 0 Å². The van der Waals surface area contributed by atoms with Gasteiger partial charge in [-0.1, -0.05) is 0 Å². The number of hydrazine groups is 3. The average molecular weight is 1210 g/mol. The number of nitrogens with one attached hydrogen (secondary N) is 5. The minimum Gasteiger partial charge on any atom is -0.458 e. The van der Waals surface area contributed by atoms with Crippen molar-refractivity contribution in [3.63, 3.8) is 0 Å². The fourth-order valence-corrected chi connectivity index (χ4v) is 8.10. The van der Waals surface area contributed by atoms with E-state index in [1.54, 1.807) is 83.3 Å². The molecular formula is C45H54Cl4N28O5. The maximum absolute atomic E-state index is 12.0. The van der Waals surface area contributed by atoms with Gasteiger partial charge in [0.2, 0.25) is 29.6 Å². The fourth-order valence-electron chi connectivity index (χ4n) is 7.46. The van der Waals surface area contributed by atoms with Crippen molar-refractivity contribution in [2.45, 2.75) is 66.4 Å². The number of rotatable bonds is 15. The number of nitrogens with two attached hydrogens (primary N) is 5. The van der Waals surface area contributed by atoms with Gasteiger partial charge in [0.1, 0.15) is 17.1 Å². The Kier molecular flexibility index (Phi) is 18.6. The van der Waals surface area contributed by atoms with Crippen LogP contribution in [-0.2, 0) is 30.9 Å². The number of hydrogen-bond donors (Lipinski definition) is 10. The molecule has 0 aliphatic carbocycles. The van der Waals surface area contributed by atoms with E-state index in [0.29, 0.717) is 124 Å². The van der Waals surface area contributed by atoms with Crippen molar-refractivity contribution in [3.8, 4) is 11.6 Å². The summed E-state index contributed by atoms with van der Waals surface area (Å²) in [5.41, 5.74) is 37.9. The minimum atomic E-state index is -0.633. The molecule has 0 saturated heterocycles. The number of furan rings is 2. The molecule has 0 fully saturated rings. The lowest BCUT2D eigenvalue weighted by Gasteiger charge is -2.20. The second-order valence-electron chi connectivity index (χ2n) is 17.9. The van der Waals surface area contributed by atoms with Gasteiger partial charge >= 0.3 is 12.0 Å². The molecule has 0 aliphatic rings. The zero-order valence-corrected chi connectivity index (χ0v) is 47.3. The Morgan fingerprint density at radius 1 is 0.561 bits per heavy atom. The summed E-state index contributed by atoms with van der Waals surface area (Å²) in [6.07, 6.45) is 5.82. The van der Waals surface area contributed by atoms with Gasteiger partial charge in [0, 0.05) is 23.5 Å². The number of amides is 2. The number of alkyl halides is 4. The van der Waals surface area contributed by atoms with E-state index in [0.717, 1.165) is 16.5 Å². The van der Waals surface area contributed by atoms with Gasteiger partial charge in [0.05, 0.1) is 72.5 Å². The molecule has 0 unspecified atom stereocenters. The first-order chi connectivity index (χ1) is 39.3. The predicted octanol–water partition coefficient (Wildman–Crippen LogP) is 4.60. The van der Waals surface area contributed by atoms with E-state index in [9.17, 15) is 9.59 Å². The molecule has 11 aromatic rings. The van der Waals surface area contributed by atoms with E-state index in [2.05, 4.69) is 92.5 Å². The van der Waals surface area contributed by atoms with E-state index >= 15 is 0 Å². The van der Waals surface area contributed by atoms with Gasteiger partial charge < -0.3 is 41.9 Å². The first-order valence-electron chi connectivity index (χ1n) is 24.3. The number of fused-ring (bicyclic) bond motifs is 6. The van der Waals surface area contributed by atoms with Crippen molar-refractivity contribution in [3.05, 3.63) is 66.3 Å². The van der Waals surface area contributed by atoms with Gasteiger partial charge in [-0.25, -0.2) is 39.8 Å². The van der Waals surface area contributed by atoms with Crippen LogP contribution in [0.15, 0.2) is 57.9 Å². The monoisotopic (exact) mass is 1210 g/mol. The third-order valence-corrected chi connectivity index (χ3v) is 11.5. The summed E-state index contributed by atoms with van der Waals surface area (Å²) in [5, 5.41) is 23.8. The zero-order chi connectivity index (χ0) is 58.8. The number of nitrogen functional groups attached to an aromatic ring is 5. The molecule has 432 valence electrons. The van der Waals surface area contributed by atoms with Crippen molar-refractivity contribution < 1.29 is 23.2 Å². The number of aryl methyl sites for hydroxylation is 6. The second-order valence-corrected chi connectivity index (χ2v) is 19.4. The lowest BCUT2D eigenvalue weighted by Crippen LogP contribution is -2.36. The highest BCUT2D eigenvalue weighted by atomic mass is 35.5. The van der Waals surface area contributed by atoms with Crippen LogP contribution in [0.1, 0.15) is 42.8 Å². The molecule has 0 saturated carbocycles. The van der Waals surface area contributed by atoms with E-state index in [-0.39, 0.29) is 29.6 Å². The predicted molar refractivity (Wildman–Crippen MR) is 308 cm³/mol. The van der Waals surface area contributed by atoms with Crippen molar-refractivity contribution in [2.75, 3.05) is 62.7 Å². The highest BCUT2D eigenvalue weighted by Gasteiger charge is 2.20. The van der Waals surface area contributed by atoms with E-state index < -0.39 is 17.6 Å². The highest BCUT2D eigenvalue weighted by molar-refractivity contribution is 6.18. The molecule has 11 rings (SSSR count). The Hall–Kier alpha value is -9.31. The third-order valence-electron chi connectivity index (χ3n) is 10.9. The molecule has 11 aromatic heterocycles. The van der Waals surface area contributed by atoms with Gasteiger partial charge in [-0.3, -0.25) is 21.1 Å². The van der Waals surface area contributed by atoms with Crippen LogP contribution in [0.2, 0.25) is 0 Å². The number of halogens is 4.